The van der Waals surface area contributed by atoms with Crippen molar-refractivity contribution in [1.29, 1.82) is 0 Å². The van der Waals surface area contributed by atoms with E-state index in [9.17, 15) is 13.5 Å². The average Bonchev–Trinajstić information content (AvgIpc) is 3.73. The third kappa shape index (κ3) is 7.05. The predicted octanol–water partition coefficient (Wildman–Crippen LogP) is 4.53. The molecule has 4 N–H and O–H groups in total. The number of anilines is 3. The van der Waals surface area contributed by atoms with Crippen molar-refractivity contribution in [2.75, 3.05) is 35.2 Å². The van der Waals surface area contributed by atoms with Crippen LogP contribution in [0, 0.1) is 0 Å². The minimum absolute atomic E-state index is 0.0235. The molecule has 0 radical (unpaired) electrons. The van der Waals surface area contributed by atoms with Gasteiger partial charge < -0.3 is 20.6 Å². The van der Waals surface area contributed by atoms with Gasteiger partial charge in [-0.05, 0) is 48.9 Å². The Morgan fingerprint density at radius 2 is 1.93 bits per heavy atom. The van der Waals surface area contributed by atoms with Crippen molar-refractivity contribution in [3.05, 3.63) is 52.9 Å². The number of aromatic nitrogens is 4. The van der Waals surface area contributed by atoms with Gasteiger partial charge in [-0.3, -0.25) is 0 Å². The number of nitrogens with zero attached hydrogens (tertiary/aromatic N) is 5. The van der Waals surface area contributed by atoms with E-state index in [0.29, 0.717) is 30.9 Å². The van der Waals surface area contributed by atoms with Crippen molar-refractivity contribution in [2.45, 2.75) is 50.1 Å². The number of unbranched alkanes of at least 4 members (excludes halogenated alkanes) is 1. The fraction of sp³-hybridized carbons (Fsp3) is 0.385. The Bertz CT molecular complexity index is 1510. The van der Waals surface area contributed by atoms with Crippen LogP contribution in [0.4, 0.5) is 17.8 Å². The smallest absolute Gasteiger partial charge is 0.240 e. The van der Waals surface area contributed by atoms with Crippen molar-refractivity contribution in [2.24, 2.45) is 0 Å². The predicted molar refractivity (Wildman–Crippen MR) is 160 cm³/mol. The highest BCUT2D eigenvalue weighted by Gasteiger charge is 2.29. The van der Waals surface area contributed by atoms with Crippen LogP contribution in [0.5, 0.6) is 5.75 Å². The van der Waals surface area contributed by atoms with Crippen LogP contribution in [0.3, 0.4) is 0 Å². The van der Waals surface area contributed by atoms with E-state index < -0.39 is 10.0 Å². The summed E-state index contributed by atoms with van der Waals surface area (Å²) in [5.74, 6) is 1.30. The lowest BCUT2D eigenvalue weighted by molar-refractivity contribution is 0.473. The van der Waals surface area contributed by atoms with Crippen molar-refractivity contribution >= 4 is 50.5 Å². The molecule has 4 aromatic rings. The summed E-state index contributed by atoms with van der Waals surface area (Å²) in [7, 11) is -3.78. The number of aromatic hydroxyl groups is 1. The fourth-order valence-corrected chi connectivity index (χ4v) is 7.10. The van der Waals surface area contributed by atoms with Gasteiger partial charge in [-0.2, -0.15) is 15.0 Å². The molecule has 1 aromatic carbocycles. The van der Waals surface area contributed by atoms with Crippen molar-refractivity contribution in [3.63, 3.8) is 0 Å². The second-order valence-corrected chi connectivity index (χ2v) is 12.9. The minimum atomic E-state index is -3.78. The van der Waals surface area contributed by atoms with Crippen LogP contribution in [0.1, 0.15) is 38.3 Å². The number of thiazole rings is 1. The number of phenolic OH excluding ortho intramolecular Hbond substituents is 1. The summed E-state index contributed by atoms with van der Waals surface area (Å²) in [6, 6.07) is 9.58. The Morgan fingerprint density at radius 1 is 1.07 bits per heavy atom. The zero-order chi connectivity index (χ0) is 28.0. The fourth-order valence-electron chi connectivity index (χ4n) is 4.35. The molecule has 0 amide bonds. The molecule has 1 saturated heterocycles. The Labute approximate surface area is 241 Å². The van der Waals surface area contributed by atoms with E-state index in [1.54, 1.807) is 22.7 Å². The SMILES string of the molecule is CCCCNc1nc(NCc2csc(-c3cccs3)n2)nc(N2CCCC2CNS(=O)(=O)c2cccc(O)c2)n1. The van der Waals surface area contributed by atoms with Gasteiger partial charge >= 0.3 is 0 Å². The molecular weight excluding hydrogens is 569 g/mol. The molecule has 1 atom stereocenters. The van der Waals surface area contributed by atoms with E-state index >= 15 is 0 Å². The third-order valence-electron chi connectivity index (χ3n) is 6.42. The zero-order valence-corrected chi connectivity index (χ0v) is 24.5. The van der Waals surface area contributed by atoms with Gasteiger partial charge in [0.25, 0.3) is 0 Å². The topological polar surface area (TPSA) is 145 Å². The Kier molecular flexibility index (Phi) is 9.09. The average molecular weight is 601 g/mol. The van der Waals surface area contributed by atoms with Gasteiger partial charge in [-0.1, -0.05) is 25.5 Å². The maximum absolute atomic E-state index is 12.8. The molecular formula is C26H32N8O3S3. The zero-order valence-electron chi connectivity index (χ0n) is 22.1. The summed E-state index contributed by atoms with van der Waals surface area (Å²) in [6.45, 7) is 4.22. The van der Waals surface area contributed by atoms with Gasteiger partial charge in [0.2, 0.25) is 27.9 Å². The molecule has 0 spiro atoms. The largest absolute Gasteiger partial charge is 0.508 e. The molecule has 40 heavy (non-hydrogen) atoms. The number of hydrogen-bond acceptors (Lipinski definition) is 12. The number of phenols is 1. The van der Waals surface area contributed by atoms with Crippen LogP contribution in [0.2, 0.25) is 0 Å². The first-order chi connectivity index (χ1) is 19.4. The van der Waals surface area contributed by atoms with Gasteiger partial charge in [0.05, 0.1) is 22.0 Å². The van der Waals surface area contributed by atoms with Crippen molar-refractivity contribution in [1.82, 2.24) is 24.7 Å². The maximum Gasteiger partial charge on any atom is 0.240 e. The maximum atomic E-state index is 12.8. The summed E-state index contributed by atoms with van der Waals surface area (Å²) in [5, 5.41) is 21.3. The van der Waals surface area contributed by atoms with Crippen LogP contribution in [-0.2, 0) is 16.6 Å². The van der Waals surface area contributed by atoms with E-state index in [2.05, 4.69) is 38.3 Å². The summed E-state index contributed by atoms with van der Waals surface area (Å²) in [4.78, 5) is 21.9. The van der Waals surface area contributed by atoms with E-state index in [1.165, 1.54) is 24.3 Å². The van der Waals surface area contributed by atoms with Crippen molar-refractivity contribution < 1.29 is 13.5 Å². The lowest BCUT2D eigenvalue weighted by Gasteiger charge is -2.25. The number of hydrogen-bond donors (Lipinski definition) is 4. The standard InChI is InChI=1S/C26H32N8O3S3/c1-2-3-11-27-24-31-25(28-15-18-17-39-23(30-18)22-10-6-13-38-22)33-26(32-24)34-12-5-7-19(34)16-29-40(36,37)21-9-4-8-20(35)14-21/h4,6,8-10,13-14,17,19,29,35H,2-3,5,7,11-12,15-16H2,1H3,(H2,27,28,31,32,33). The molecule has 1 fully saturated rings. The molecule has 3 aromatic heterocycles. The van der Waals surface area contributed by atoms with Crippen molar-refractivity contribution in [3.8, 4) is 15.6 Å². The highest BCUT2D eigenvalue weighted by atomic mass is 32.2. The summed E-state index contributed by atoms with van der Waals surface area (Å²) in [5.41, 5.74) is 0.899. The van der Waals surface area contributed by atoms with Gasteiger partial charge in [0, 0.05) is 31.1 Å². The lowest BCUT2D eigenvalue weighted by Crippen LogP contribution is -2.41. The Balaban J connectivity index is 1.30. The Hall–Kier alpha value is -3.33. The first-order valence-electron chi connectivity index (χ1n) is 13.2. The number of thiophene rings is 1. The molecule has 4 heterocycles. The quantitative estimate of drug-likeness (QED) is 0.161. The molecule has 212 valence electrons. The van der Waals surface area contributed by atoms with Crippen LogP contribution >= 0.6 is 22.7 Å². The molecule has 1 unspecified atom stereocenters. The van der Waals surface area contributed by atoms with E-state index in [1.807, 2.05) is 21.7 Å². The summed E-state index contributed by atoms with van der Waals surface area (Å²) in [6.07, 6.45) is 3.70. The van der Waals surface area contributed by atoms with Crippen LogP contribution < -0.4 is 20.3 Å². The second kappa shape index (κ2) is 12.9. The molecule has 14 heteroatoms. The van der Waals surface area contributed by atoms with Gasteiger partial charge in [0.1, 0.15) is 10.8 Å². The van der Waals surface area contributed by atoms with Crippen LogP contribution in [0.25, 0.3) is 9.88 Å². The molecule has 5 rings (SSSR count). The molecule has 1 aliphatic heterocycles. The highest BCUT2D eigenvalue weighted by molar-refractivity contribution is 7.89. The molecule has 0 aliphatic carbocycles. The normalized spacial score (nSPS) is 15.4. The van der Waals surface area contributed by atoms with Gasteiger partial charge in [-0.15, -0.1) is 22.7 Å². The number of rotatable bonds is 13. The monoisotopic (exact) mass is 600 g/mol. The molecule has 11 nitrogen and oxygen atoms in total. The first kappa shape index (κ1) is 28.2. The minimum Gasteiger partial charge on any atom is -0.508 e. The van der Waals surface area contributed by atoms with Crippen LogP contribution in [-0.4, -0.2) is 59.1 Å². The van der Waals surface area contributed by atoms with Gasteiger partial charge in [-0.25, -0.2) is 18.1 Å². The van der Waals surface area contributed by atoms with E-state index in [-0.39, 0.29) is 23.2 Å². The molecule has 1 aliphatic rings. The number of benzene rings is 1. The van der Waals surface area contributed by atoms with E-state index in [4.69, 9.17) is 9.97 Å². The summed E-state index contributed by atoms with van der Waals surface area (Å²) < 4.78 is 28.3. The first-order valence-corrected chi connectivity index (χ1v) is 16.4. The third-order valence-corrected chi connectivity index (χ3v) is 9.77. The lowest BCUT2D eigenvalue weighted by atomic mass is 10.2. The number of nitrogens with one attached hydrogen (secondary N) is 3. The number of sulfonamides is 1. The van der Waals surface area contributed by atoms with E-state index in [0.717, 1.165) is 47.8 Å². The van der Waals surface area contributed by atoms with Crippen LogP contribution in [0.15, 0.2) is 52.1 Å². The highest BCUT2D eigenvalue weighted by Crippen LogP contribution is 2.28. The second-order valence-electron chi connectivity index (χ2n) is 9.38. The molecule has 0 bridgehead atoms. The Morgan fingerprint density at radius 3 is 2.70 bits per heavy atom. The summed E-state index contributed by atoms with van der Waals surface area (Å²) >= 11 is 3.27. The van der Waals surface area contributed by atoms with Gasteiger partial charge in [0.15, 0.2) is 0 Å². The molecule has 0 saturated carbocycles.